The van der Waals surface area contributed by atoms with E-state index in [-0.39, 0.29) is 10.8 Å². The largest absolute Gasteiger partial charge is 0.310 e. The smallest absolute Gasteiger partial charge is 0.0543 e. The molecule has 2 heteroatoms. The van der Waals surface area contributed by atoms with Crippen LogP contribution in [0.25, 0.3) is 22.3 Å². The minimum Gasteiger partial charge on any atom is -0.310 e. The maximum atomic E-state index is 2.47. The van der Waals surface area contributed by atoms with Crippen LogP contribution >= 0.6 is 0 Å². The van der Waals surface area contributed by atoms with E-state index in [0.29, 0.717) is 0 Å². The first-order chi connectivity index (χ1) is 24.3. The van der Waals surface area contributed by atoms with Gasteiger partial charge >= 0.3 is 0 Å². The highest BCUT2D eigenvalue weighted by Gasteiger charge is 2.39. The quantitative estimate of drug-likeness (QED) is 0.184. The van der Waals surface area contributed by atoms with Crippen LogP contribution in [0.5, 0.6) is 0 Å². The molecule has 50 heavy (non-hydrogen) atoms. The van der Waals surface area contributed by atoms with Crippen molar-refractivity contribution in [3.8, 4) is 22.3 Å². The Labute approximate surface area is 296 Å². The van der Waals surface area contributed by atoms with Crippen molar-refractivity contribution in [1.82, 2.24) is 0 Å². The van der Waals surface area contributed by atoms with Gasteiger partial charge in [-0.3, -0.25) is 0 Å². The third-order valence-electron chi connectivity index (χ3n) is 11.3. The molecule has 0 fully saturated rings. The highest BCUT2D eigenvalue weighted by atomic mass is 15.2. The molecule has 0 amide bonds. The summed E-state index contributed by atoms with van der Waals surface area (Å²) >= 11 is 0. The molecule has 0 unspecified atom stereocenters. The second-order valence-electron chi connectivity index (χ2n) is 14.9. The van der Waals surface area contributed by atoms with Crippen LogP contribution in [0.2, 0.25) is 0 Å². The standard InChI is InChI=1S/C48H42N2/c1-47(2)39-21-12-11-20-38(39)46-41(47)23-15-25-45(46)49(35-16-7-5-8-17-35)37-29-26-33(27-30-37)34-28-31-44-42(32-34)48(3,4)40-22-13-14-24-43(40)50(44)36-18-9-6-10-19-36/h5,7-9,11-32H,6,10H2,1-4H3. The van der Waals surface area contributed by atoms with Gasteiger partial charge in [0.2, 0.25) is 0 Å². The highest BCUT2D eigenvalue weighted by molar-refractivity contribution is 5.95. The van der Waals surface area contributed by atoms with E-state index in [0.717, 1.165) is 24.2 Å². The number of allylic oxidation sites excluding steroid dienone is 3. The maximum absolute atomic E-state index is 2.47. The molecule has 0 saturated carbocycles. The average Bonchev–Trinajstić information content (AvgIpc) is 3.40. The maximum Gasteiger partial charge on any atom is 0.0543 e. The lowest BCUT2D eigenvalue weighted by atomic mass is 9.72. The Bertz CT molecular complexity index is 2320. The second kappa shape index (κ2) is 11.5. The molecule has 1 heterocycles. The molecular weight excluding hydrogens is 605 g/mol. The van der Waals surface area contributed by atoms with Gasteiger partial charge in [-0.1, -0.05) is 131 Å². The number of hydrogen-bond donors (Lipinski definition) is 0. The summed E-state index contributed by atoms with van der Waals surface area (Å²) in [5.74, 6) is 0. The van der Waals surface area contributed by atoms with Crippen molar-refractivity contribution in [2.45, 2.75) is 51.4 Å². The normalized spacial score (nSPS) is 16.2. The van der Waals surface area contributed by atoms with E-state index in [4.69, 9.17) is 0 Å². The molecule has 0 radical (unpaired) electrons. The molecule has 1 aliphatic heterocycles. The van der Waals surface area contributed by atoms with Crippen molar-refractivity contribution in [3.05, 3.63) is 186 Å². The molecule has 0 spiro atoms. The second-order valence-corrected chi connectivity index (χ2v) is 14.9. The molecule has 0 N–H and O–H groups in total. The average molecular weight is 647 g/mol. The Morgan fingerprint density at radius 1 is 0.520 bits per heavy atom. The van der Waals surface area contributed by atoms with Gasteiger partial charge in [0.1, 0.15) is 0 Å². The lowest BCUT2D eigenvalue weighted by Gasteiger charge is -2.43. The van der Waals surface area contributed by atoms with E-state index in [1.807, 2.05) is 0 Å². The molecule has 0 atom stereocenters. The third kappa shape index (κ3) is 4.62. The van der Waals surface area contributed by atoms with Gasteiger partial charge in [0.25, 0.3) is 0 Å². The Kier molecular flexibility index (Phi) is 7.00. The topological polar surface area (TPSA) is 6.48 Å². The Balaban J connectivity index is 1.15. The number of anilines is 5. The molecule has 2 aliphatic carbocycles. The molecule has 6 aromatic carbocycles. The van der Waals surface area contributed by atoms with Crippen LogP contribution in [0.15, 0.2) is 163 Å². The molecule has 6 aromatic rings. The van der Waals surface area contributed by atoms with Crippen LogP contribution in [0, 0.1) is 0 Å². The third-order valence-corrected chi connectivity index (χ3v) is 11.3. The van der Waals surface area contributed by atoms with Gasteiger partial charge in [0, 0.05) is 33.5 Å². The van der Waals surface area contributed by atoms with Crippen LogP contribution in [-0.4, -0.2) is 0 Å². The van der Waals surface area contributed by atoms with Crippen LogP contribution in [0.1, 0.15) is 62.8 Å². The van der Waals surface area contributed by atoms with Crippen molar-refractivity contribution < 1.29 is 0 Å². The van der Waals surface area contributed by atoms with Crippen molar-refractivity contribution in [3.63, 3.8) is 0 Å². The fourth-order valence-electron chi connectivity index (χ4n) is 8.66. The number of benzene rings is 6. The van der Waals surface area contributed by atoms with Gasteiger partial charge in [-0.05, 0) is 106 Å². The summed E-state index contributed by atoms with van der Waals surface area (Å²) in [6, 6.07) is 51.7. The number of para-hydroxylation sites is 2. The first-order valence-electron chi connectivity index (χ1n) is 17.9. The van der Waals surface area contributed by atoms with Crippen molar-refractivity contribution in [2.75, 3.05) is 9.80 Å². The van der Waals surface area contributed by atoms with Gasteiger partial charge in [0.15, 0.2) is 0 Å². The molecule has 0 aromatic heterocycles. The zero-order valence-electron chi connectivity index (χ0n) is 29.3. The lowest BCUT2D eigenvalue weighted by Crippen LogP contribution is -2.32. The van der Waals surface area contributed by atoms with Crippen molar-refractivity contribution in [2.24, 2.45) is 0 Å². The summed E-state index contributed by atoms with van der Waals surface area (Å²) in [4.78, 5) is 4.89. The fraction of sp³-hybridized carbons (Fsp3) is 0.167. The van der Waals surface area contributed by atoms with Crippen LogP contribution < -0.4 is 9.80 Å². The number of rotatable bonds is 5. The van der Waals surface area contributed by atoms with Crippen molar-refractivity contribution >= 4 is 28.4 Å². The van der Waals surface area contributed by atoms with Gasteiger partial charge in [-0.25, -0.2) is 0 Å². The number of nitrogens with zero attached hydrogens (tertiary/aromatic N) is 2. The van der Waals surface area contributed by atoms with Gasteiger partial charge in [0.05, 0.1) is 17.1 Å². The minimum atomic E-state index is -0.140. The van der Waals surface area contributed by atoms with Crippen LogP contribution in [0.3, 0.4) is 0 Å². The predicted octanol–water partition coefficient (Wildman–Crippen LogP) is 13.1. The van der Waals surface area contributed by atoms with Gasteiger partial charge in [-0.15, -0.1) is 0 Å². The molecule has 3 aliphatic rings. The summed E-state index contributed by atoms with van der Waals surface area (Å²) < 4.78 is 0. The molecule has 244 valence electrons. The highest BCUT2D eigenvalue weighted by Crippen LogP contribution is 2.55. The Morgan fingerprint density at radius 2 is 1.16 bits per heavy atom. The molecule has 0 saturated heterocycles. The summed E-state index contributed by atoms with van der Waals surface area (Å²) in [6.07, 6.45) is 9.14. The molecule has 2 nitrogen and oxygen atoms in total. The Morgan fingerprint density at radius 3 is 1.94 bits per heavy atom. The number of hydrogen-bond acceptors (Lipinski definition) is 2. The monoisotopic (exact) mass is 646 g/mol. The Hall–Kier alpha value is -5.60. The van der Waals surface area contributed by atoms with Crippen LogP contribution in [-0.2, 0) is 10.8 Å². The van der Waals surface area contributed by atoms with E-state index >= 15 is 0 Å². The zero-order valence-corrected chi connectivity index (χ0v) is 29.3. The summed E-state index contributed by atoms with van der Waals surface area (Å²) in [6.45, 7) is 9.44. The van der Waals surface area contributed by atoms with Crippen molar-refractivity contribution in [1.29, 1.82) is 0 Å². The summed E-state index contributed by atoms with van der Waals surface area (Å²) in [7, 11) is 0. The van der Waals surface area contributed by atoms with Crippen LogP contribution in [0.4, 0.5) is 28.4 Å². The minimum absolute atomic E-state index is 0.0612. The lowest BCUT2D eigenvalue weighted by molar-refractivity contribution is 0.630. The van der Waals surface area contributed by atoms with E-state index in [1.165, 1.54) is 67.3 Å². The van der Waals surface area contributed by atoms with Gasteiger partial charge in [-0.2, -0.15) is 0 Å². The molecule has 9 rings (SSSR count). The van der Waals surface area contributed by atoms with E-state index in [2.05, 4.69) is 195 Å². The SMILES string of the molecule is CC1(C)c2ccccc2N(C2=CCCC=C2)c2ccc(-c3ccc(N(c4ccccc4)c4cccc5c4-c4ccccc4C5(C)C)cc3)cc21. The first-order valence-corrected chi connectivity index (χ1v) is 17.9. The van der Waals surface area contributed by atoms with E-state index in [9.17, 15) is 0 Å². The van der Waals surface area contributed by atoms with Gasteiger partial charge < -0.3 is 9.80 Å². The zero-order chi connectivity index (χ0) is 34.0. The molecule has 0 bridgehead atoms. The number of fused-ring (bicyclic) bond motifs is 5. The van der Waals surface area contributed by atoms with E-state index in [1.54, 1.807) is 0 Å². The predicted molar refractivity (Wildman–Crippen MR) is 211 cm³/mol. The van der Waals surface area contributed by atoms with E-state index < -0.39 is 0 Å². The fourth-order valence-corrected chi connectivity index (χ4v) is 8.66. The summed E-state index contributed by atoms with van der Waals surface area (Å²) in [5.41, 5.74) is 17.7. The first kappa shape index (κ1) is 30.5. The molecular formula is C48H42N2. The summed E-state index contributed by atoms with van der Waals surface area (Å²) in [5, 5.41) is 0.